The highest BCUT2D eigenvalue weighted by Gasteiger charge is 2.17. The van der Waals surface area contributed by atoms with Gasteiger partial charge >= 0.3 is 0 Å². The average molecular weight is 402 g/mol. The van der Waals surface area contributed by atoms with E-state index in [1.807, 2.05) is 0 Å². The summed E-state index contributed by atoms with van der Waals surface area (Å²) in [6.07, 6.45) is 3.87. The van der Waals surface area contributed by atoms with Crippen LogP contribution in [0.5, 0.6) is 0 Å². The second-order valence-corrected chi connectivity index (χ2v) is 9.12. The van der Waals surface area contributed by atoms with Crippen LogP contribution in [0, 0.1) is 12.8 Å². The number of likely N-dealkylation sites (tertiary alicyclic amines) is 1. The van der Waals surface area contributed by atoms with Crippen LogP contribution in [0.1, 0.15) is 36.6 Å². The number of hydrogen-bond acceptors (Lipinski definition) is 3. The lowest BCUT2D eigenvalue weighted by molar-refractivity contribution is 0.177. The minimum atomic E-state index is 0.820. The molecule has 0 aliphatic carbocycles. The van der Waals surface area contributed by atoms with Crippen LogP contribution in [-0.4, -0.2) is 41.1 Å². The molecule has 0 amide bonds. The van der Waals surface area contributed by atoms with E-state index in [1.54, 1.807) is 11.3 Å². The Morgan fingerprint density at radius 1 is 1.33 bits per heavy atom. The summed E-state index contributed by atoms with van der Waals surface area (Å²) >= 11 is 7.57. The van der Waals surface area contributed by atoms with Crippen LogP contribution < -0.4 is 5.32 Å². The van der Waals surface area contributed by atoms with Crippen LogP contribution in [-0.2, 0) is 6.54 Å². The number of nitrogens with zero attached hydrogens (tertiary/aromatic N) is 2. The number of thiocarbonyl (C=S) groups is 1. The Morgan fingerprint density at radius 3 is 2.96 bits per heavy atom. The monoisotopic (exact) mass is 401 g/mol. The lowest BCUT2D eigenvalue weighted by Gasteiger charge is -2.32. The fraction of sp³-hybridized carbons (Fsp3) is 0.500. The number of hydrogen-bond donors (Lipinski definition) is 1. The van der Waals surface area contributed by atoms with Crippen LogP contribution >= 0.6 is 23.6 Å². The van der Waals surface area contributed by atoms with E-state index >= 15 is 0 Å². The Morgan fingerprint density at radius 2 is 2.22 bits per heavy atom. The molecule has 1 aliphatic heterocycles. The molecule has 2 heterocycles. The molecule has 1 fully saturated rings. The van der Waals surface area contributed by atoms with E-state index in [0.29, 0.717) is 0 Å². The molecule has 1 aromatic heterocycles. The van der Waals surface area contributed by atoms with E-state index in [1.165, 1.54) is 42.9 Å². The van der Waals surface area contributed by atoms with Gasteiger partial charge in [0.15, 0.2) is 5.11 Å². The molecule has 0 spiro atoms. The molecular formula is C22H31N3S2. The van der Waals surface area contributed by atoms with Gasteiger partial charge in [0, 0.05) is 23.7 Å². The normalized spacial score (nSPS) is 17.6. The lowest BCUT2D eigenvalue weighted by atomic mass is 10.0. The van der Waals surface area contributed by atoms with Gasteiger partial charge in [0.2, 0.25) is 0 Å². The highest BCUT2D eigenvalue weighted by atomic mass is 32.1. The predicted octanol–water partition coefficient (Wildman–Crippen LogP) is 5.38. The van der Waals surface area contributed by atoms with Crippen molar-refractivity contribution < 1.29 is 0 Å². The maximum atomic E-state index is 5.77. The van der Waals surface area contributed by atoms with E-state index in [2.05, 4.69) is 70.7 Å². The fourth-order valence-electron chi connectivity index (χ4n) is 3.74. The van der Waals surface area contributed by atoms with Crippen LogP contribution in [0.25, 0.3) is 0 Å². The molecule has 0 radical (unpaired) electrons. The molecule has 3 rings (SSSR count). The molecule has 1 saturated heterocycles. The maximum absolute atomic E-state index is 5.77. The van der Waals surface area contributed by atoms with Crippen molar-refractivity contribution in [2.24, 2.45) is 5.92 Å². The molecule has 27 heavy (non-hydrogen) atoms. The maximum Gasteiger partial charge on any atom is 0.173 e. The van der Waals surface area contributed by atoms with Gasteiger partial charge < -0.3 is 15.1 Å². The van der Waals surface area contributed by atoms with Gasteiger partial charge in [0.05, 0.1) is 6.54 Å². The van der Waals surface area contributed by atoms with Gasteiger partial charge in [-0.2, -0.15) is 0 Å². The molecule has 1 unspecified atom stereocenters. The first-order valence-electron chi connectivity index (χ1n) is 9.97. The van der Waals surface area contributed by atoms with Crippen LogP contribution in [0.2, 0.25) is 0 Å². The Hall–Kier alpha value is -1.43. The van der Waals surface area contributed by atoms with Gasteiger partial charge in [-0.25, -0.2) is 0 Å². The molecule has 1 N–H and O–H groups in total. The number of benzene rings is 1. The lowest BCUT2D eigenvalue weighted by Crippen LogP contribution is -2.39. The van der Waals surface area contributed by atoms with Crippen molar-refractivity contribution in [1.82, 2.24) is 9.80 Å². The predicted molar refractivity (Wildman–Crippen MR) is 122 cm³/mol. The van der Waals surface area contributed by atoms with Gasteiger partial charge in [0.1, 0.15) is 0 Å². The fourth-order valence-corrected chi connectivity index (χ4v) is 4.74. The Bertz CT molecular complexity index is 714. The zero-order valence-corrected chi connectivity index (χ0v) is 18.1. The number of anilines is 1. The van der Waals surface area contributed by atoms with E-state index in [9.17, 15) is 0 Å². The molecule has 1 aliphatic rings. The van der Waals surface area contributed by atoms with Crippen LogP contribution in [0.4, 0.5) is 5.69 Å². The molecule has 2 aromatic rings. The standard InChI is InChI=1S/C22H31N3S2/c1-18-7-3-9-20(15-18)23-22(26)25(17-21-10-5-14-27-21)13-6-12-24-11-4-8-19(2)16-24/h3,5,7,9-10,14-15,19H,4,6,8,11-13,16-17H2,1-2H3,(H,23,26). The molecule has 1 atom stereocenters. The van der Waals surface area contributed by atoms with Crippen LogP contribution in [0.15, 0.2) is 41.8 Å². The molecule has 3 nitrogen and oxygen atoms in total. The summed E-state index contributed by atoms with van der Waals surface area (Å²) in [4.78, 5) is 6.29. The summed E-state index contributed by atoms with van der Waals surface area (Å²) in [7, 11) is 0. The second-order valence-electron chi connectivity index (χ2n) is 7.70. The Labute approximate surface area is 173 Å². The molecule has 5 heteroatoms. The van der Waals surface area contributed by atoms with Crippen molar-refractivity contribution in [2.45, 2.75) is 39.7 Å². The number of nitrogens with one attached hydrogen (secondary N) is 1. The smallest absolute Gasteiger partial charge is 0.173 e. The summed E-state index contributed by atoms with van der Waals surface area (Å²) < 4.78 is 0. The zero-order chi connectivity index (χ0) is 19.1. The first-order valence-corrected chi connectivity index (χ1v) is 11.3. The summed E-state index contributed by atoms with van der Waals surface area (Å²) in [6.45, 7) is 10.0. The van der Waals surface area contributed by atoms with Gasteiger partial charge in [-0.3, -0.25) is 0 Å². The van der Waals surface area contributed by atoms with Crippen molar-refractivity contribution in [3.05, 3.63) is 52.2 Å². The van der Waals surface area contributed by atoms with Crippen molar-refractivity contribution in [2.75, 3.05) is 31.5 Å². The molecular weight excluding hydrogens is 370 g/mol. The zero-order valence-electron chi connectivity index (χ0n) is 16.5. The van der Waals surface area contributed by atoms with Crippen molar-refractivity contribution in [3.63, 3.8) is 0 Å². The second kappa shape index (κ2) is 10.2. The molecule has 0 saturated carbocycles. The van der Waals surface area contributed by atoms with Crippen molar-refractivity contribution >= 4 is 34.4 Å². The third kappa shape index (κ3) is 6.59. The van der Waals surface area contributed by atoms with Gasteiger partial charge in [-0.05, 0) is 86.6 Å². The summed E-state index contributed by atoms with van der Waals surface area (Å²) in [5.74, 6) is 0.838. The van der Waals surface area contributed by atoms with Crippen molar-refractivity contribution in [1.29, 1.82) is 0 Å². The largest absolute Gasteiger partial charge is 0.344 e. The highest BCUT2D eigenvalue weighted by molar-refractivity contribution is 7.80. The third-order valence-electron chi connectivity index (χ3n) is 5.13. The van der Waals surface area contributed by atoms with Crippen molar-refractivity contribution in [3.8, 4) is 0 Å². The number of aryl methyl sites for hydroxylation is 1. The Balaban J connectivity index is 1.57. The van der Waals surface area contributed by atoms with Crippen LogP contribution in [0.3, 0.4) is 0 Å². The van der Waals surface area contributed by atoms with E-state index in [4.69, 9.17) is 12.2 Å². The van der Waals surface area contributed by atoms with E-state index < -0.39 is 0 Å². The highest BCUT2D eigenvalue weighted by Crippen LogP contribution is 2.17. The van der Waals surface area contributed by atoms with Gasteiger partial charge in [-0.1, -0.05) is 25.1 Å². The quantitative estimate of drug-likeness (QED) is 0.628. The number of rotatable bonds is 7. The number of piperidine rings is 1. The first kappa shape index (κ1) is 20.3. The SMILES string of the molecule is Cc1cccc(NC(=S)N(CCCN2CCCC(C)C2)Cc2cccs2)c1. The number of thiophene rings is 1. The minimum Gasteiger partial charge on any atom is -0.344 e. The Kier molecular flexibility index (Phi) is 7.68. The summed E-state index contributed by atoms with van der Waals surface area (Å²) in [5, 5.41) is 6.40. The topological polar surface area (TPSA) is 18.5 Å². The van der Waals surface area contributed by atoms with Gasteiger partial charge in [-0.15, -0.1) is 11.3 Å². The molecule has 146 valence electrons. The first-order chi connectivity index (χ1) is 13.1. The van der Waals surface area contributed by atoms with Gasteiger partial charge in [0.25, 0.3) is 0 Å². The molecule has 0 bridgehead atoms. The summed E-state index contributed by atoms with van der Waals surface area (Å²) in [5.41, 5.74) is 2.31. The minimum absolute atomic E-state index is 0.820. The molecule has 1 aromatic carbocycles. The summed E-state index contributed by atoms with van der Waals surface area (Å²) in [6, 6.07) is 12.7. The van der Waals surface area contributed by atoms with E-state index in [-0.39, 0.29) is 0 Å². The average Bonchev–Trinajstić information content (AvgIpc) is 3.14. The van der Waals surface area contributed by atoms with E-state index in [0.717, 1.165) is 36.2 Å². The third-order valence-corrected chi connectivity index (χ3v) is 6.35.